The lowest BCUT2D eigenvalue weighted by atomic mass is 10.00. The van der Waals surface area contributed by atoms with Gasteiger partial charge in [-0.05, 0) is 64.4 Å². The van der Waals surface area contributed by atoms with Crippen molar-refractivity contribution in [3.05, 3.63) is 46.8 Å². The molecule has 8 heteroatoms. The first-order valence-electron chi connectivity index (χ1n) is 11.9. The van der Waals surface area contributed by atoms with E-state index >= 15 is 0 Å². The summed E-state index contributed by atoms with van der Waals surface area (Å²) in [6.45, 7) is 12.8. The zero-order valence-electron chi connectivity index (χ0n) is 20.7. The molecule has 7 nitrogen and oxygen atoms in total. The van der Waals surface area contributed by atoms with E-state index in [9.17, 15) is 0 Å². The molecule has 1 aromatic carbocycles. The van der Waals surface area contributed by atoms with Crippen molar-refractivity contribution < 1.29 is 9.26 Å². The van der Waals surface area contributed by atoms with Crippen molar-refractivity contribution >= 4 is 29.9 Å². The Kier molecular flexibility index (Phi) is 11.5. The maximum atomic E-state index is 5.36. The van der Waals surface area contributed by atoms with Gasteiger partial charge in [-0.25, -0.2) is 0 Å². The Bertz CT molecular complexity index is 843. The maximum absolute atomic E-state index is 5.36. The van der Waals surface area contributed by atoms with Gasteiger partial charge in [-0.15, -0.1) is 24.0 Å². The van der Waals surface area contributed by atoms with Crippen LogP contribution in [-0.2, 0) is 0 Å². The molecule has 2 atom stereocenters. The van der Waals surface area contributed by atoms with Gasteiger partial charge in [0.1, 0.15) is 11.5 Å². The number of halogens is 1. The zero-order chi connectivity index (χ0) is 22.9. The standard InChI is InChI=1S/C25H39N5O2.HI/c1-6-26-25(27-16-18(2)24-19(3)29-32-20(24)4)28-17-23(30-14-8-7-9-15-30)21-10-12-22(31-5)13-11-21;/h10-13,18,23H,6-9,14-17H2,1-5H3,(H2,26,27,28);1H. The van der Waals surface area contributed by atoms with Crippen LogP contribution in [0.3, 0.4) is 0 Å². The van der Waals surface area contributed by atoms with Crippen molar-refractivity contribution in [3.8, 4) is 5.75 Å². The van der Waals surface area contributed by atoms with E-state index in [1.807, 2.05) is 13.8 Å². The first-order valence-corrected chi connectivity index (χ1v) is 11.9. The van der Waals surface area contributed by atoms with Crippen LogP contribution in [0.15, 0.2) is 33.8 Å². The average molecular weight is 570 g/mol. The molecule has 0 amide bonds. The summed E-state index contributed by atoms with van der Waals surface area (Å²) in [5.41, 5.74) is 3.42. The number of benzene rings is 1. The molecule has 1 aliphatic rings. The third-order valence-electron chi connectivity index (χ3n) is 6.24. The van der Waals surface area contributed by atoms with Crippen molar-refractivity contribution in [2.75, 3.05) is 39.8 Å². The van der Waals surface area contributed by atoms with Gasteiger partial charge in [-0.3, -0.25) is 9.89 Å². The lowest BCUT2D eigenvalue weighted by Crippen LogP contribution is -2.44. The van der Waals surface area contributed by atoms with Gasteiger partial charge in [-0.2, -0.15) is 0 Å². The monoisotopic (exact) mass is 569 g/mol. The number of aliphatic imine (C=N–C) groups is 1. The molecule has 1 saturated heterocycles. The number of ether oxygens (including phenoxy) is 1. The molecule has 0 radical (unpaired) electrons. The lowest BCUT2D eigenvalue weighted by Gasteiger charge is -2.35. The molecular weight excluding hydrogens is 529 g/mol. The minimum atomic E-state index is 0. The van der Waals surface area contributed by atoms with Crippen LogP contribution in [0.25, 0.3) is 0 Å². The largest absolute Gasteiger partial charge is 0.497 e. The molecule has 2 heterocycles. The summed E-state index contributed by atoms with van der Waals surface area (Å²) in [6, 6.07) is 8.77. The summed E-state index contributed by atoms with van der Waals surface area (Å²) in [5.74, 6) is 2.87. The fraction of sp³-hybridized carbons (Fsp3) is 0.600. The summed E-state index contributed by atoms with van der Waals surface area (Å²) >= 11 is 0. The number of likely N-dealkylation sites (tertiary alicyclic amines) is 1. The molecule has 1 fully saturated rings. The highest BCUT2D eigenvalue weighted by atomic mass is 127. The number of aryl methyl sites for hydroxylation is 2. The fourth-order valence-electron chi connectivity index (χ4n) is 4.56. The third kappa shape index (κ3) is 7.60. The Balaban J connectivity index is 0.00000385. The number of hydrogen-bond acceptors (Lipinski definition) is 5. The summed E-state index contributed by atoms with van der Waals surface area (Å²) < 4.78 is 10.7. The number of hydrogen-bond donors (Lipinski definition) is 2. The molecule has 2 unspecified atom stereocenters. The molecule has 0 aliphatic carbocycles. The Morgan fingerprint density at radius 1 is 1.15 bits per heavy atom. The van der Waals surface area contributed by atoms with Gasteiger partial charge in [0.15, 0.2) is 5.96 Å². The SMILES string of the molecule is CCNC(=NCC(C)c1c(C)noc1C)NCC(c1ccc(OC)cc1)N1CCCCC1.I. The van der Waals surface area contributed by atoms with Crippen molar-refractivity contribution in [1.29, 1.82) is 0 Å². The van der Waals surface area contributed by atoms with Crippen molar-refractivity contribution in [2.45, 2.75) is 58.9 Å². The molecule has 0 spiro atoms. The van der Waals surface area contributed by atoms with Gasteiger partial charge in [-0.1, -0.05) is 30.6 Å². The van der Waals surface area contributed by atoms with Gasteiger partial charge in [0.25, 0.3) is 0 Å². The zero-order valence-corrected chi connectivity index (χ0v) is 23.0. The Morgan fingerprint density at radius 2 is 1.85 bits per heavy atom. The van der Waals surface area contributed by atoms with E-state index in [4.69, 9.17) is 14.3 Å². The second kappa shape index (κ2) is 13.8. The average Bonchev–Trinajstić information content (AvgIpc) is 3.16. The number of methoxy groups -OCH3 is 1. The van der Waals surface area contributed by atoms with E-state index in [1.165, 1.54) is 24.8 Å². The Morgan fingerprint density at radius 3 is 2.42 bits per heavy atom. The molecular formula is C25H40IN5O2. The number of aromatic nitrogens is 1. The van der Waals surface area contributed by atoms with Crippen LogP contribution in [0.4, 0.5) is 0 Å². The quantitative estimate of drug-likeness (QED) is 0.257. The van der Waals surface area contributed by atoms with Gasteiger partial charge in [0.2, 0.25) is 0 Å². The molecule has 1 aliphatic heterocycles. The number of rotatable bonds is 9. The Labute approximate surface area is 215 Å². The highest BCUT2D eigenvalue weighted by Gasteiger charge is 2.23. The number of nitrogens with one attached hydrogen (secondary N) is 2. The van der Waals surface area contributed by atoms with Crippen LogP contribution in [-0.4, -0.2) is 55.8 Å². The highest BCUT2D eigenvalue weighted by molar-refractivity contribution is 14.0. The Hall–Kier alpha value is -1.81. The first-order chi connectivity index (χ1) is 15.5. The molecule has 1 aromatic heterocycles. The minimum Gasteiger partial charge on any atom is -0.497 e. The van der Waals surface area contributed by atoms with Crippen LogP contribution in [0.2, 0.25) is 0 Å². The van der Waals surface area contributed by atoms with E-state index in [2.05, 4.69) is 58.8 Å². The van der Waals surface area contributed by atoms with E-state index in [0.717, 1.165) is 54.9 Å². The van der Waals surface area contributed by atoms with E-state index in [-0.39, 0.29) is 29.9 Å². The van der Waals surface area contributed by atoms with Crippen LogP contribution in [0.5, 0.6) is 5.75 Å². The second-order valence-corrected chi connectivity index (χ2v) is 8.63. The van der Waals surface area contributed by atoms with Crippen LogP contribution < -0.4 is 15.4 Å². The second-order valence-electron chi connectivity index (χ2n) is 8.63. The van der Waals surface area contributed by atoms with Crippen molar-refractivity contribution in [2.24, 2.45) is 4.99 Å². The van der Waals surface area contributed by atoms with E-state index in [1.54, 1.807) is 7.11 Å². The van der Waals surface area contributed by atoms with Gasteiger partial charge in [0.05, 0.1) is 18.8 Å². The van der Waals surface area contributed by atoms with Crippen molar-refractivity contribution in [1.82, 2.24) is 20.7 Å². The first kappa shape index (κ1) is 27.4. The molecule has 3 rings (SSSR count). The van der Waals surface area contributed by atoms with Crippen LogP contribution in [0.1, 0.15) is 67.7 Å². The number of piperidine rings is 1. The predicted octanol–water partition coefficient (Wildman–Crippen LogP) is 4.80. The fourth-order valence-corrected chi connectivity index (χ4v) is 4.56. The topological polar surface area (TPSA) is 74.9 Å². The summed E-state index contributed by atoms with van der Waals surface area (Å²) in [5, 5.41) is 11.1. The number of nitrogens with zero attached hydrogens (tertiary/aromatic N) is 3. The normalized spacial score (nSPS) is 16.6. The lowest BCUT2D eigenvalue weighted by molar-refractivity contribution is 0.164. The molecule has 2 aromatic rings. The summed E-state index contributed by atoms with van der Waals surface area (Å²) in [6.07, 6.45) is 3.84. The van der Waals surface area contributed by atoms with Gasteiger partial charge in [0, 0.05) is 31.1 Å². The van der Waals surface area contributed by atoms with Gasteiger partial charge >= 0.3 is 0 Å². The minimum absolute atomic E-state index is 0. The molecule has 0 bridgehead atoms. The molecule has 2 N–H and O–H groups in total. The third-order valence-corrected chi connectivity index (χ3v) is 6.24. The summed E-state index contributed by atoms with van der Waals surface area (Å²) in [7, 11) is 1.71. The highest BCUT2D eigenvalue weighted by Crippen LogP contribution is 2.26. The molecule has 33 heavy (non-hydrogen) atoms. The predicted molar refractivity (Wildman–Crippen MR) is 145 cm³/mol. The van der Waals surface area contributed by atoms with Gasteiger partial charge < -0.3 is 19.9 Å². The smallest absolute Gasteiger partial charge is 0.191 e. The molecule has 0 saturated carbocycles. The molecule has 184 valence electrons. The van der Waals surface area contributed by atoms with Crippen molar-refractivity contribution in [3.63, 3.8) is 0 Å². The number of guanidine groups is 1. The summed E-state index contributed by atoms with van der Waals surface area (Å²) in [4.78, 5) is 7.47. The van der Waals surface area contributed by atoms with E-state index in [0.29, 0.717) is 12.6 Å². The maximum Gasteiger partial charge on any atom is 0.191 e. The van der Waals surface area contributed by atoms with E-state index < -0.39 is 0 Å². The van der Waals surface area contributed by atoms with Crippen LogP contribution in [0, 0.1) is 13.8 Å². The van der Waals surface area contributed by atoms with Crippen LogP contribution >= 0.6 is 24.0 Å².